The quantitative estimate of drug-likeness (QED) is 0.606. The second kappa shape index (κ2) is 5.81. The predicted molar refractivity (Wildman–Crippen MR) is 95.0 cm³/mol. The lowest BCUT2D eigenvalue weighted by Crippen LogP contribution is -2.14. The SMILES string of the molecule is Cc1ccc2c(CC(=O)Nc3cccc4cccnc34)coc2c1. The summed E-state index contributed by atoms with van der Waals surface area (Å²) in [5.74, 6) is -0.0866. The molecule has 4 aromatic rings. The van der Waals surface area contributed by atoms with Crippen LogP contribution in [0.5, 0.6) is 0 Å². The molecule has 2 heterocycles. The van der Waals surface area contributed by atoms with Crippen LogP contribution in [0.1, 0.15) is 11.1 Å². The molecule has 24 heavy (non-hydrogen) atoms. The van der Waals surface area contributed by atoms with Crippen LogP contribution in [0.25, 0.3) is 21.9 Å². The van der Waals surface area contributed by atoms with Crippen LogP contribution in [0.3, 0.4) is 0 Å². The lowest BCUT2D eigenvalue weighted by Gasteiger charge is -2.07. The summed E-state index contributed by atoms with van der Waals surface area (Å²) in [6, 6.07) is 15.6. The Morgan fingerprint density at radius 2 is 2.04 bits per heavy atom. The van der Waals surface area contributed by atoms with E-state index >= 15 is 0 Å². The van der Waals surface area contributed by atoms with E-state index in [2.05, 4.69) is 10.3 Å². The van der Waals surface area contributed by atoms with E-state index in [1.807, 2.05) is 55.5 Å². The van der Waals surface area contributed by atoms with Crippen LogP contribution < -0.4 is 5.32 Å². The Hall–Kier alpha value is -3.14. The van der Waals surface area contributed by atoms with Crippen molar-refractivity contribution in [3.8, 4) is 0 Å². The highest BCUT2D eigenvalue weighted by atomic mass is 16.3. The number of pyridine rings is 1. The summed E-state index contributed by atoms with van der Waals surface area (Å²) in [4.78, 5) is 16.8. The van der Waals surface area contributed by atoms with E-state index in [1.165, 1.54) is 0 Å². The van der Waals surface area contributed by atoms with E-state index in [4.69, 9.17) is 4.42 Å². The van der Waals surface area contributed by atoms with Crippen molar-refractivity contribution in [3.63, 3.8) is 0 Å². The van der Waals surface area contributed by atoms with E-state index in [0.29, 0.717) is 0 Å². The summed E-state index contributed by atoms with van der Waals surface area (Å²) in [6.45, 7) is 2.02. The second-order valence-corrected chi connectivity index (χ2v) is 5.87. The van der Waals surface area contributed by atoms with Crippen molar-refractivity contribution in [1.82, 2.24) is 4.98 Å². The van der Waals surface area contributed by atoms with Gasteiger partial charge in [0.05, 0.1) is 23.9 Å². The maximum atomic E-state index is 12.5. The number of fused-ring (bicyclic) bond motifs is 2. The molecular weight excluding hydrogens is 300 g/mol. The fraction of sp³-hybridized carbons (Fsp3) is 0.100. The van der Waals surface area contributed by atoms with Gasteiger partial charge in [0, 0.05) is 22.5 Å². The molecule has 118 valence electrons. The van der Waals surface area contributed by atoms with Crippen molar-refractivity contribution in [1.29, 1.82) is 0 Å². The maximum absolute atomic E-state index is 12.5. The Morgan fingerprint density at radius 1 is 1.17 bits per heavy atom. The highest BCUT2D eigenvalue weighted by Gasteiger charge is 2.12. The smallest absolute Gasteiger partial charge is 0.228 e. The number of nitrogens with zero attached hydrogens (tertiary/aromatic N) is 1. The van der Waals surface area contributed by atoms with Crippen molar-refractivity contribution in [2.75, 3.05) is 5.32 Å². The first-order chi connectivity index (χ1) is 11.7. The van der Waals surface area contributed by atoms with Gasteiger partial charge >= 0.3 is 0 Å². The van der Waals surface area contributed by atoms with Crippen molar-refractivity contribution < 1.29 is 9.21 Å². The first-order valence-corrected chi connectivity index (χ1v) is 7.81. The van der Waals surface area contributed by atoms with Gasteiger partial charge in [-0.3, -0.25) is 9.78 Å². The lowest BCUT2D eigenvalue weighted by molar-refractivity contribution is -0.115. The van der Waals surface area contributed by atoms with Crippen molar-refractivity contribution >= 4 is 33.5 Å². The zero-order chi connectivity index (χ0) is 16.5. The third-order valence-corrected chi connectivity index (χ3v) is 4.07. The summed E-state index contributed by atoms with van der Waals surface area (Å²) in [5, 5.41) is 4.93. The van der Waals surface area contributed by atoms with Crippen molar-refractivity contribution in [3.05, 3.63) is 72.1 Å². The number of furan rings is 1. The molecule has 2 aromatic carbocycles. The minimum atomic E-state index is -0.0866. The summed E-state index contributed by atoms with van der Waals surface area (Å²) < 4.78 is 5.56. The van der Waals surface area contributed by atoms with E-state index in [9.17, 15) is 4.79 Å². The number of hydrogen-bond acceptors (Lipinski definition) is 3. The summed E-state index contributed by atoms with van der Waals surface area (Å²) in [5.41, 5.74) is 4.35. The normalized spacial score (nSPS) is 11.0. The molecule has 0 aliphatic heterocycles. The molecule has 0 radical (unpaired) electrons. The van der Waals surface area contributed by atoms with Gasteiger partial charge in [-0.1, -0.05) is 30.3 Å². The molecule has 0 saturated carbocycles. The Morgan fingerprint density at radius 3 is 2.96 bits per heavy atom. The number of carbonyl (C=O) groups excluding carboxylic acids is 1. The summed E-state index contributed by atoms with van der Waals surface area (Å²) in [6.07, 6.45) is 3.65. The van der Waals surface area contributed by atoms with Gasteiger partial charge in [-0.15, -0.1) is 0 Å². The maximum Gasteiger partial charge on any atom is 0.228 e. The monoisotopic (exact) mass is 316 g/mol. The molecule has 0 saturated heterocycles. The third kappa shape index (κ3) is 2.63. The number of aryl methyl sites for hydroxylation is 1. The van der Waals surface area contributed by atoms with E-state index < -0.39 is 0 Å². The minimum absolute atomic E-state index is 0.0866. The summed E-state index contributed by atoms with van der Waals surface area (Å²) >= 11 is 0. The number of para-hydroxylation sites is 1. The standard InChI is InChI=1S/C20H16N2O2/c1-13-7-8-16-15(12-24-18(16)10-13)11-19(23)22-17-6-2-4-14-5-3-9-21-20(14)17/h2-10,12H,11H2,1H3,(H,22,23). The van der Waals surface area contributed by atoms with Gasteiger partial charge in [0.2, 0.25) is 5.91 Å². The van der Waals surface area contributed by atoms with Gasteiger partial charge in [-0.25, -0.2) is 0 Å². The average Bonchev–Trinajstić information content (AvgIpc) is 2.97. The van der Waals surface area contributed by atoms with Gasteiger partial charge in [0.1, 0.15) is 5.58 Å². The van der Waals surface area contributed by atoms with Crippen molar-refractivity contribution in [2.24, 2.45) is 0 Å². The topological polar surface area (TPSA) is 55.1 Å². The van der Waals surface area contributed by atoms with Gasteiger partial charge in [-0.05, 0) is 30.7 Å². The number of nitrogens with one attached hydrogen (secondary N) is 1. The van der Waals surface area contributed by atoms with Crippen LogP contribution in [-0.4, -0.2) is 10.9 Å². The number of hydrogen-bond donors (Lipinski definition) is 1. The predicted octanol–water partition coefficient (Wildman–Crippen LogP) is 4.47. The van der Waals surface area contributed by atoms with Gasteiger partial charge < -0.3 is 9.73 Å². The van der Waals surface area contributed by atoms with Crippen LogP contribution in [0.15, 0.2) is 65.4 Å². The van der Waals surface area contributed by atoms with Gasteiger partial charge in [0.25, 0.3) is 0 Å². The second-order valence-electron chi connectivity index (χ2n) is 5.87. The third-order valence-electron chi connectivity index (χ3n) is 4.07. The van der Waals surface area contributed by atoms with E-state index in [0.717, 1.165) is 38.7 Å². The fourth-order valence-corrected chi connectivity index (χ4v) is 2.90. The molecule has 1 amide bonds. The molecule has 0 unspecified atom stereocenters. The molecule has 4 nitrogen and oxygen atoms in total. The Labute approximate surface area is 139 Å². The zero-order valence-corrected chi connectivity index (χ0v) is 13.2. The largest absolute Gasteiger partial charge is 0.464 e. The Balaban J connectivity index is 1.60. The van der Waals surface area contributed by atoms with E-state index in [1.54, 1.807) is 12.5 Å². The minimum Gasteiger partial charge on any atom is -0.464 e. The molecular formula is C20H16N2O2. The number of carbonyl (C=O) groups is 1. The molecule has 0 aliphatic rings. The first-order valence-electron chi connectivity index (χ1n) is 7.81. The van der Waals surface area contributed by atoms with Crippen LogP contribution in [0.2, 0.25) is 0 Å². The summed E-state index contributed by atoms with van der Waals surface area (Å²) in [7, 11) is 0. The molecule has 0 aliphatic carbocycles. The molecule has 4 rings (SSSR count). The molecule has 1 N–H and O–H groups in total. The number of aromatic nitrogens is 1. The number of anilines is 1. The molecule has 0 bridgehead atoms. The average molecular weight is 316 g/mol. The van der Waals surface area contributed by atoms with Crippen LogP contribution in [0.4, 0.5) is 5.69 Å². The molecule has 0 spiro atoms. The number of rotatable bonds is 3. The molecule has 0 fully saturated rings. The van der Waals surface area contributed by atoms with Gasteiger partial charge in [-0.2, -0.15) is 0 Å². The highest BCUT2D eigenvalue weighted by molar-refractivity contribution is 6.01. The van der Waals surface area contributed by atoms with Crippen LogP contribution >= 0.6 is 0 Å². The number of amides is 1. The van der Waals surface area contributed by atoms with E-state index in [-0.39, 0.29) is 12.3 Å². The number of benzene rings is 2. The Bertz CT molecular complexity index is 1040. The lowest BCUT2D eigenvalue weighted by atomic mass is 10.1. The molecule has 2 aromatic heterocycles. The zero-order valence-electron chi connectivity index (χ0n) is 13.2. The first kappa shape index (κ1) is 14.5. The van der Waals surface area contributed by atoms with Crippen LogP contribution in [0, 0.1) is 6.92 Å². The van der Waals surface area contributed by atoms with Crippen LogP contribution in [-0.2, 0) is 11.2 Å². The van der Waals surface area contributed by atoms with Crippen molar-refractivity contribution in [2.45, 2.75) is 13.3 Å². The highest BCUT2D eigenvalue weighted by Crippen LogP contribution is 2.24. The fourth-order valence-electron chi connectivity index (χ4n) is 2.90. The molecule has 4 heteroatoms. The van der Waals surface area contributed by atoms with Gasteiger partial charge in [0.15, 0.2) is 0 Å². The molecule has 0 atom stereocenters. The Kier molecular flexibility index (Phi) is 3.50.